The van der Waals surface area contributed by atoms with Gasteiger partial charge in [-0.3, -0.25) is 4.79 Å². The molecule has 0 radical (unpaired) electrons. The minimum absolute atomic E-state index is 0.127. The van der Waals surface area contributed by atoms with Crippen LogP contribution in [0, 0.1) is 0 Å². The number of rotatable bonds is 5. The van der Waals surface area contributed by atoms with Gasteiger partial charge in [-0.2, -0.15) is 11.8 Å². The van der Waals surface area contributed by atoms with Gasteiger partial charge < -0.3 is 16.4 Å². The Balaban J connectivity index is 2.77. The molecule has 100 valence electrons. The van der Waals surface area contributed by atoms with E-state index in [1.807, 2.05) is 6.07 Å². The maximum atomic E-state index is 11.4. The Morgan fingerprint density at radius 2 is 2.11 bits per heavy atom. The molecule has 0 atom stereocenters. The summed E-state index contributed by atoms with van der Waals surface area (Å²) >= 11 is 1.80. The first-order chi connectivity index (χ1) is 8.39. The van der Waals surface area contributed by atoms with Crippen LogP contribution in [-0.2, 0) is 0 Å². The van der Waals surface area contributed by atoms with E-state index in [-0.39, 0.29) is 10.7 Å². The van der Waals surface area contributed by atoms with Crippen molar-refractivity contribution in [2.45, 2.75) is 18.6 Å². The molecule has 5 heteroatoms. The van der Waals surface area contributed by atoms with E-state index in [1.54, 1.807) is 30.9 Å². The second-order valence-corrected chi connectivity index (χ2v) is 6.21. The minimum Gasteiger partial charge on any atom is -0.397 e. The van der Waals surface area contributed by atoms with Gasteiger partial charge >= 0.3 is 0 Å². The van der Waals surface area contributed by atoms with Gasteiger partial charge in [0, 0.05) is 23.9 Å². The summed E-state index contributed by atoms with van der Waals surface area (Å²) in [6.07, 6.45) is 2.08. The number of carbonyl (C=O) groups excluding carboxylic acids is 1. The standard InChI is InChI=1S/C13H21N3OS/c1-13(2,18-4)8-16-11-6-5-9(7-10(11)14)12(17)15-3/h5-7,16H,8,14H2,1-4H3,(H,15,17). The van der Waals surface area contributed by atoms with Gasteiger partial charge in [0.15, 0.2) is 0 Å². The number of nitrogens with one attached hydrogen (secondary N) is 2. The summed E-state index contributed by atoms with van der Waals surface area (Å²) in [6, 6.07) is 5.30. The molecule has 4 N–H and O–H groups in total. The molecule has 0 saturated carbocycles. The number of benzene rings is 1. The van der Waals surface area contributed by atoms with Crippen molar-refractivity contribution in [1.82, 2.24) is 5.32 Å². The first-order valence-electron chi connectivity index (χ1n) is 5.80. The quantitative estimate of drug-likeness (QED) is 0.715. The fourth-order valence-corrected chi connectivity index (χ4v) is 1.61. The molecule has 0 fully saturated rings. The first-order valence-corrected chi connectivity index (χ1v) is 7.03. The largest absolute Gasteiger partial charge is 0.397 e. The number of anilines is 2. The van der Waals surface area contributed by atoms with Gasteiger partial charge in [0.1, 0.15) is 0 Å². The lowest BCUT2D eigenvalue weighted by molar-refractivity contribution is 0.0963. The molecule has 1 rings (SSSR count). The van der Waals surface area contributed by atoms with Crippen LogP contribution >= 0.6 is 11.8 Å². The van der Waals surface area contributed by atoms with Crippen LogP contribution < -0.4 is 16.4 Å². The molecule has 0 aliphatic rings. The third-order valence-electron chi connectivity index (χ3n) is 2.80. The highest BCUT2D eigenvalue weighted by Crippen LogP contribution is 2.25. The molecular formula is C13H21N3OS. The van der Waals surface area contributed by atoms with Crippen LogP contribution in [0.1, 0.15) is 24.2 Å². The molecule has 1 aromatic carbocycles. The van der Waals surface area contributed by atoms with Crippen LogP contribution in [0.15, 0.2) is 18.2 Å². The lowest BCUT2D eigenvalue weighted by Gasteiger charge is -2.23. The highest BCUT2D eigenvalue weighted by molar-refractivity contribution is 7.99. The second kappa shape index (κ2) is 6.00. The van der Waals surface area contributed by atoms with Gasteiger partial charge in [0.25, 0.3) is 5.91 Å². The highest BCUT2D eigenvalue weighted by Gasteiger charge is 2.16. The summed E-state index contributed by atoms with van der Waals surface area (Å²) in [5.74, 6) is -0.127. The van der Waals surface area contributed by atoms with Crippen molar-refractivity contribution in [1.29, 1.82) is 0 Å². The molecule has 0 spiro atoms. The van der Waals surface area contributed by atoms with E-state index in [4.69, 9.17) is 5.73 Å². The van der Waals surface area contributed by atoms with Gasteiger partial charge in [-0.05, 0) is 38.3 Å². The normalized spacial score (nSPS) is 11.1. The topological polar surface area (TPSA) is 67.2 Å². The Morgan fingerprint density at radius 3 is 2.61 bits per heavy atom. The number of nitrogen functional groups attached to an aromatic ring is 1. The summed E-state index contributed by atoms with van der Waals surface area (Å²) in [5.41, 5.74) is 7.97. The average molecular weight is 267 g/mol. The molecule has 0 aliphatic carbocycles. The van der Waals surface area contributed by atoms with E-state index in [2.05, 4.69) is 30.7 Å². The third kappa shape index (κ3) is 3.84. The second-order valence-electron chi connectivity index (χ2n) is 4.70. The van der Waals surface area contributed by atoms with Crippen LogP contribution in [0.4, 0.5) is 11.4 Å². The lowest BCUT2D eigenvalue weighted by atomic mass is 10.1. The molecule has 0 unspecified atom stereocenters. The number of hydrogen-bond acceptors (Lipinski definition) is 4. The maximum absolute atomic E-state index is 11.4. The van der Waals surface area contributed by atoms with Gasteiger partial charge in [0.2, 0.25) is 0 Å². The molecule has 0 bridgehead atoms. The third-order valence-corrected chi connectivity index (χ3v) is 4.05. The van der Waals surface area contributed by atoms with Gasteiger partial charge in [0.05, 0.1) is 11.4 Å². The van der Waals surface area contributed by atoms with Crippen molar-refractivity contribution in [3.05, 3.63) is 23.8 Å². The molecule has 1 amide bonds. The summed E-state index contributed by atoms with van der Waals surface area (Å²) in [6.45, 7) is 5.15. The van der Waals surface area contributed by atoms with Crippen LogP contribution in [0.3, 0.4) is 0 Å². The number of thioether (sulfide) groups is 1. The van der Waals surface area contributed by atoms with E-state index in [0.29, 0.717) is 11.3 Å². The van der Waals surface area contributed by atoms with E-state index >= 15 is 0 Å². The van der Waals surface area contributed by atoms with E-state index in [9.17, 15) is 4.79 Å². The number of amides is 1. The van der Waals surface area contributed by atoms with Crippen molar-refractivity contribution in [3.63, 3.8) is 0 Å². The fraction of sp³-hybridized carbons (Fsp3) is 0.462. The predicted octanol–water partition coefficient (Wildman–Crippen LogP) is 2.18. The molecular weight excluding hydrogens is 246 g/mol. The molecule has 4 nitrogen and oxygen atoms in total. The minimum atomic E-state index is -0.127. The maximum Gasteiger partial charge on any atom is 0.251 e. The van der Waals surface area contributed by atoms with Crippen LogP contribution in [0.2, 0.25) is 0 Å². The summed E-state index contributed by atoms with van der Waals surface area (Å²) in [4.78, 5) is 11.4. The fourth-order valence-electron chi connectivity index (χ4n) is 1.39. The zero-order chi connectivity index (χ0) is 13.8. The lowest BCUT2D eigenvalue weighted by Crippen LogP contribution is -2.26. The van der Waals surface area contributed by atoms with Crippen LogP contribution in [-0.4, -0.2) is 30.5 Å². The summed E-state index contributed by atoms with van der Waals surface area (Å²) in [7, 11) is 1.60. The van der Waals surface area contributed by atoms with Crippen molar-refractivity contribution in [2.24, 2.45) is 0 Å². The molecule has 0 aliphatic heterocycles. The molecule has 1 aromatic rings. The van der Waals surface area contributed by atoms with Gasteiger partial charge in [-0.1, -0.05) is 0 Å². The van der Waals surface area contributed by atoms with Crippen molar-refractivity contribution in [2.75, 3.05) is 30.9 Å². The number of carbonyl (C=O) groups is 1. The number of hydrogen-bond donors (Lipinski definition) is 3. The van der Waals surface area contributed by atoms with Crippen molar-refractivity contribution >= 4 is 29.0 Å². The van der Waals surface area contributed by atoms with Crippen molar-refractivity contribution in [3.8, 4) is 0 Å². The molecule has 18 heavy (non-hydrogen) atoms. The molecule has 0 heterocycles. The Hall–Kier alpha value is -1.36. The zero-order valence-corrected chi connectivity index (χ0v) is 12.1. The van der Waals surface area contributed by atoms with Crippen LogP contribution in [0.25, 0.3) is 0 Å². The Bertz CT molecular complexity index is 432. The van der Waals surface area contributed by atoms with Gasteiger partial charge in [-0.25, -0.2) is 0 Å². The number of nitrogens with two attached hydrogens (primary N) is 1. The zero-order valence-electron chi connectivity index (χ0n) is 11.3. The average Bonchev–Trinajstić information content (AvgIpc) is 2.36. The first kappa shape index (κ1) is 14.7. The Morgan fingerprint density at radius 1 is 1.44 bits per heavy atom. The van der Waals surface area contributed by atoms with Crippen LogP contribution in [0.5, 0.6) is 0 Å². The Kier molecular flexibility index (Phi) is 4.90. The van der Waals surface area contributed by atoms with Gasteiger partial charge in [-0.15, -0.1) is 0 Å². The van der Waals surface area contributed by atoms with Crippen molar-refractivity contribution < 1.29 is 4.79 Å². The highest BCUT2D eigenvalue weighted by atomic mass is 32.2. The monoisotopic (exact) mass is 267 g/mol. The van der Waals surface area contributed by atoms with E-state index < -0.39 is 0 Å². The summed E-state index contributed by atoms with van der Waals surface area (Å²) < 4.78 is 0.145. The van der Waals surface area contributed by atoms with E-state index in [0.717, 1.165) is 12.2 Å². The molecule has 0 saturated heterocycles. The predicted molar refractivity (Wildman–Crippen MR) is 80.3 cm³/mol. The summed E-state index contributed by atoms with van der Waals surface area (Å²) in [5, 5.41) is 5.89. The van der Waals surface area contributed by atoms with E-state index in [1.165, 1.54) is 0 Å². The smallest absolute Gasteiger partial charge is 0.251 e. The molecule has 0 aromatic heterocycles. The SMILES string of the molecule is CNC(=O)c1ccc(NCC(C)(C)SC)c(N)c1. The Labute approximate surface area is 113 Å².